The van der Waals surface area contributed by atoms with Crippen LogP contribution in [-0.4, -0.2) is 36.5 Å². The molecule has 1 aliphatic carbocycles. The van der Waals surface area contributed by atoms with Crippen LogP contribution in [0.1, 0.15) is 38.5 Å². The SMILES string of the molecule is O=C1CC(C(=O)NC2CCNC3(CCC3)C2)CN1. The van der Waals surface area contributed by atoms with E-state index in [1.54, 1.807) is 0 Å². The lowest BCUT2D eigenvalue weighted by molar-refractivity contribution is -0.127. The zero-order valence-corrected chi connectivity index (χ0v) is 10.6. The normalized spacial score (nSPS) is 33.9. The van der Waals surface area contributed by atoms with Crippen molar-refractivity contribution in [2.45, 2.75) is 50.1 Å². The molecular formula is C13H21N3O2. The average Bonchev–Trinajstić information content (AvgIpc) is 2.74. The monoisotopic (exact) mass is 251 g/mol. The Morgan fingerprint density at radius 2 is 2.22 bits per heavy atom. The first-order chi connectivity index (χ1) is 8.67. The summed E-state index contributed by atoms with van der Waals surface area (Å²) < 4.78 is 0. The smallest absolute Gasteiger partial charge is 0.225 e. The first kappa shape index (κ1) is 12.0. The summed E-state index contributed by atoms with van der Waals surface area (Å²) in [4.78, 5) is 23.2. The fraction of sp³-hybridized carbons (Fsp3) is 0.846. The number of hydrogen-bond acceptors (Lipinski definition) is 3. The quantitative estimate of drug-likeness (QED) is 0.642. The molecule has 1 spiro atoms. The largest absolute Gasteiger partial charge is 0.355 e. The van der Waals surface area contributed by atoms with Crippen molar-refractivity contribution in [1.82, 2.24) is 16.0 Å². The maximum atomic E-state index is 12.1. The van der Waals surface area contributed by atoms with Crippen LogP contribution in [0.5, 0.6) is 0 Å². The summed E-state index contributed by atoms with van der Waals surface area (Å²) in [7, 11) is 0. The highest BCUT2D eigenvalue weighted by Crippen LogP contribution is 2.38. The summed E-state index contributed by atoms with van der Waals surface area (Å²) in [6.07, 6.45) is 6.18. The van der Waals surface area contributed by atoms with Crippen LogP contribution < -0.4 is 16.0 Å². The van der Waals surface area contributed by atoms with Gasteiger partial charge in [0.05, 0.1) is 5.92 Å². The molecule has 2 unspecified atom stereocenters. The van der Waals surface area contributed by atoms with E-state index in [0.29, 0.717) is 18.5 Å². The summed E-state index contributed by atoms with van der Waals surface area (Å²) in [5.74, 6) is -0.115. The standard InChI is InChI=1S/C13H21N3O2/c17-11-6-9(8-14-11)12(18)16-10-2-5-15-13(7-10)3-1-4-13/h9-10,15H,1-8H2,(H,14,17)(H,16,18). The third kappa shape index (κ3) is 2.23. The molecule has 2 saturated heterocycles. The maximum absolute atomic E-state index is 12.1. The minimum Gasteiger partial charge on any atom is -0.355 e. The van der Waals surface area contributed by atoms with Gasteiger partial charge in [0, 0.05) is 24.5 Å². The van der Waals surface area contributed by atoms with E-state index in [-0.39, 0.29) is 23.8 Å². The number of piperidine rings is 1. The fourth-order valence-electron chi connectivity index (χ4n) is 3.37. The van der Waals surface area contributed by atoms with Gasteiger partial charge in [-0.25, -0.2) is 0 Å². The fourth-order valence-corrected chi connectivity index (χ4v) is 3.37. The predicted molar refractivity (Wildman–Crippen MR) is 66.9 cm³/mol. The molecule has 1 saturated carbocycles. The van der Waals surface area contributed by atoms with E-state index in [4.69, 9.17) is 0 Å². The summed E-state index contributed by atoms with van der Waals surface area (Å²) in [6.45, 7) is 1.49. The van der Waals surface area contributed by atoms with Crippen molar-refractivity contribution in [2.24, 2.45) is 5.92 Å². The van der Waals surface area contributed by atoms with E-state index < -0.39 is 0 Å². The first-order valence-corrected chi connectivity index (χ1v) is 6.99. The molecular weight excluding hydrogens is 230 g/mol. The predicted octanol–water partition coefficient (Wildman–Crippen LogP) is -0.0866. The molecule has 18 heavy (non-hydrogen) atoms. The van der Waals surface area contributed by atoms with Crippen LogP contribution in [-0.2, 0) is 9.59 Å². The summed E-state index contributed by atoms with van der Waals surface area (Å²) >= 11 is 0. The molecule has 3 N–H and O–H groups in total. The third-order valence-corrected chi connectivity index (χ3v) is 4.64. The second kappa shape index (κ2) is 4.53. The molecule has 0 radical (unpaired) electrons. The molecule has 3 aliphatic rings. The van der Waals surface area contributed by atoms with Crippen LogP contribution in [0.15, 0.2) is 0 Å². The van der Waals surface area contributed by atoms with Gasteiger partial charge in [-0.05, 0) is 38.6 Å². The van der Waals surface area contributed by atoms with E-state index in [0.717, 1.165) is 19.4 Å². The van der Waals surface area contributed by atoms with Gasteiger partial charge in [-0.3, -0.25) is 9.59 Å². The van der Waals surface area contributed by atoms with Gasteiger partial charge in [0.2, 0.25) is 11.8 Å². The Bertz CT molecular complexity index is 365. The molecule has 2 heterocycles. The lowest BCUT2D eigenvalue weighted by Crippen LogP contribution is -2.60. The third-order valence-electron chi connectivity index (χ3n) is 4.64. The lowest BCUT2D eigenvalue weighted by Gasteiger charge is -2.48. The summed E-state index contributed by atoms with van der Waals surface area (Å²) in [5.41, 5.74) is 0.305. The van der Waals surface area contributed by atoms with Crippen LogP contribution in [0.2, 0.25) is 0 Å². The highest BCUT2D eigenvalue weighted by atomic mass is 16.2. The second-order valence-electron chi connectivity index (χ2n) is 5.96. The lowest BCUT2D eigenvalue weighted by atomic mass is 9.70. The van der Waals surface area contributed by atoms with Gasteiger partial charge in [-0.2, -0.15) is 0 Å². The van der Waals surface area contributed by atoms with Crippen molar-refractivity contribution >= 4 is 11.8 Å². The molecule has 0 aromatic rings. The Balaban J connectivity index is 1.52. The highest BCUT2D eigenvalue weighted by Gasteiger charge is 2.41. The zero-order chi connectivity index (χ0) is 12.6. The minimum atomic E-state index is -0.162. The molecule has 0 aromatic carbocycles. The molecule has 2 atom stereocenters. The summed E-state index contributed by atoms with van der Waals surface area (Å²) in [6, 6.07) is 0.287. The van der Waals surface area contributed by atoms with Gasteiger partial charge in [-0.1, -0.05) is 0 Å². The molecule has 100 valence electrons. The zero-order valence-electron chi connectivity index (χ0n) is 10.6. The topological polar surface area (TPSA) is 70.2 Å². The van der Waals surface area contributed by atoms with Crippen LogP contribution in [0.4, 0.5) is 0 Å². The van der Waals surface area contributed by atoms with Crippen molar-refractivity contribution in [2.75, 3.05) is 13.1 Å². The van der Waals surface area contributed by atoms with Crippen LogP contribution in [0.25, 0.3) is 0 Å². The van der Waals surface area contributed by atoms with Crippen LogP contribution >= 0.6 is 0 Å². The number of carbonyl (C=O) groups is 2. The van der Waals surface area contributed by atoms with E-state index >= 15 is 0 Å². The van der Waals surface area contributed by atoms with Gasteiger partial charge in [0.25, 0.3) is 0 Å². The van der Waals surface area contributed by atoms with Crippen molar-refractivity contribution in [3.63, 3.8) is 0 Å². The van der Waals surface area contributed by atoms with E-state index in [1.807, 2.05) is 0 Å². The van der Waals surface area contributed by atoms with Crippen molar-refractivity contribution in [3.05, 3.63) is 0 Å². The number of nitrogens with one attached hydrogen (secondary N) is 3. The molecule has 3 fully saturated rings. The van der Waals surface area contributed by atoms with E-state index in [2.05, 4.69) is 16.0 Å². The number of carbonyl (C=O) groups excluding carboxylic acids is 2. The van der Waals surface area contributed by atoms with E-state index in [9.17, 15) is 9.59 Å². The molecule has 3 rings (SSSR count). The number of hydrogen-bond donors (Lipinski definition) is 3. The van der Waals surface area contributed by atoms with Gasteiger partial charge in [0.1, 0.15) is 0 Å². The average molecular weight is 251 g/mol. The van der Waals surface area contributed by atoms with Gasteiger partial charge < -0.3 is 16.0 Å². The Morgan fingerprint density at radius 1 is 1.39 bits per heavy atom. The second-order valence-corrected chi connectivity index (χ2v) is 5.96. The van der Waals surface area contributed by atoms with Crippen molar-refractivity contribution in [1.29, 1.82) is 0 Å². The maximum Gasteiger partial charge on any atom is 0.225 e. The molecule has 5 heteroatoms. The number of rotatable bonds is 2. The Kier molecular flexibility index (Phi) is 3.01. The molecule has 0 bridgehead atoms. The number of amides is 2. The summed E-state index contributed by atoms with van der Waals surface area (Å²) in [5, 5.41) is 9.44. The molecule has 5 nitrogen and oxygen atoms in total. The van der Waals surface area contributed by atoms with Crippen LogP contribution in [0.3, 0.4) is 0 Å². The van der Waals surface area contributed by atoms with Gasteiger partial charge >= 0.3 is 0 Å². The Labute approximate surface area is 107 Å². The van der Waals surface area contributed by atoms with Gasteiger partial charge in [-0.15, -0.1) is 0 Å². The Morgan fingerprint density at radius 3 is 2.83 bits per heavy atom. The van der Waals surface area contributed by atoms with Gasteiger partial charge in [0.15, 0.2) is 0 Å². The Hall–Kier alpha value is -1.10. The molecule has 2 amide bonds. The van der Waals surface area contributed by atoms with Crippen LogP contribution in [0, 0.1) is 5.92 Å². The van der Waals surface area contributed by atoms with Crippen molar-refractivity contribution < 1.29 is 9.59 Å². The first-order valence-electron chi connectivity index (χ1n) is 6.99. The molecule has 0 aromatic heterocycles. The molecule has 2 aliphatic heterocycles. The van der Waals surface area contributed by atoms with Crippen molar-refractivity contribution in [3.8, 4) is 0 Å². The minimum absolute atomic E-state index is 0.00377. The highest BCUT2D eigenvalue weighted by molar-refractivity contribution is 5.89. The van der Waals surface area contributed by atoms with E-state index in [1.165, 1.54) is 19.3 Å².